The Labute approximate surface area is 793 Å². The Bertz CT molecular complexity index is 3540. The summed E-state index contributed by atoms with van der Waals surface area (Å²) in [5.74, 6) is -21.9. The molecule has 0 saturated heterocycles. The highest BCUT2D eigenvalue weighted by Crippen LogP contribution is 2.18. The van der Waals surface area contributed by atoms with Gasteiger partial charge >= 0.3 is 89.5 Å². The summed E-state index contributed by atoms with van der Waals surface area (Å²) >= 11 is 0. The smallest absolute Gasteiger partial charge is 0.336 e. The van der Waals surface area contributed by atoms with Gasteiger partial charge < -0.3 is 141 Å². The Morgan fingerprint density at radius 2 is 0.482 bits per heavy atom. The molecule has 47 heteroatoms. The Balaban J connectivity index is -0.000000142. The molecule has 137 heavy (non-hydrogen) atoms. The van der Waals surface area contributed by atoms with E-state index in [1.165, 1.54) is 47.0 Å². The second-order valence-electron chi connectivity index (χ2n) is 31.3. The zero-order valence-corrected chi connectivity index (χ0v) is 80.0. The van der Waals surface area contributed by atoms with Crippen LogP contribution in [-0.2, 0) is 125 Å². The van der Waals surface area contributed by atoms with E-state index in [0.29, 0.717) is 70.3 Å². The molecule has 0 fully saturated rings. The van der Waals surface area contributed by atoms with Crippen molar-refractivity contribution in [2.75, 3.05) is 0 Å². The molecule has 790 valence electrons. The van der Waals surface area contributed by atoms with Crippen LogP contribution in [0.5, 0.6) is 0 Å². The minimum atomic E-state index is -2.49. The van der Waals surface area contributed by atoms with Crippen molar-refractivity contribution in [2.24, 2.45) is 11.8 Å². The van der Waals surface area contributed by atoms with Crippen LogP contribution in [0.25, 0.3) is 0 Å². The first-order valence-corrected chi connectivity index (χ1v) is 43.7. The van der Waals surface area contributed by atoms with E-state index in [1.54, 1.807) is 27.7 Å². The average molecular weight is 1980 g/mol. The van der Waals surface area contributed by atoms with Crippen LogP contribution in [0.3, 0.4) is 0 Å². The largest absolute Gasteiger partial charge is 0.481 e. The van der Waals surface area contributed by atoms with Gasteiger partial charge in [-0.15, -0.1) is 0 Å². The normalized spacial score (nSPS) is 12.0. The van der Waals surface area contributed by atoms with Gasteiger partial charge in [0.05, 0.1) is 30.8 Å². The first kappa shape index (κ1) is 148. The summed E-state index contributed by atoms with van der Waals surface area (Å²) in [4.78, 5) is 268. The van der Waals surface area contributed by atoms with E-state index in [2.05, 4.69) is 0 Å². The molecule has 0 heterocycles. The van der Waals surface area contributed by atoms with Gasteiger partial charge in [-0.2, -0.15) is 0 Å². The maximum atomic E-state index is 10.7. The van der Waals surface area contributed by atoms with E-state index in [0.717, 1.165) is 143 Å². The molecule has 0 aliphatic carbocycles. The van der Waals surface area contributed by atoms with Crippen LogP contribution in [-0.4, -0.2) is 297 Å². The molecular weight excluding hydrogens is 1830 g/mol. The van der Waals surface area contributed by atoms with Crippen molar-refractivity contribution in [1.82, 2.24) is 0 Å². The van der Waals surface area contributed by atoms with Crippen molar-refractivity contribution in [3.05, 3.63) is 11.6 Å². The Morgan fingerprint density at radius 3 is 0.686 bits per heavy atom. The summed E-state index contributed by atoms with van der Waals surface area (Å²) in [6.45, 7) is 14.8. The van der Waals surface area contributed by atoms with Gasteiger partial charge in [-0.25, -0.2) is 19.2 Å². The van der Waals surface area contributed by atoms with E-state index in [-0.39, 0.29) is 91.2 Å². The van der Waals surface area contributed by atoms with Crippen molar-refractivity contribution in [3.63, 3.8) is 0 Å². The Kier molecular flexibility index (Phi) is 103. The average Bonchev–Trinajstić information content (AvgIpc) is 0.859. The fourth-order valence-electron chi connectivity index (χ4n) is 10.1. The van der Waals surface area contributed by atoms with Crippen LogP contribution in [0.2, 0.25) is 0 Å². The Morgan fingerprint density at radius 1 is 0.234 bits per heavy atom. The number of aliphatic hydroxyl groups is 6. The highest BCUT2D eigenvalue weighted by atomic mass is 16.4. The molecular formula is C90H148O47. The van der Waals surface area contributed by atoms with Crippen LogP contribution >= 0.6 is 0 Å². The molecule has 8 atom stereocenters. The molecule has 21 N–H and O–H groups in total. The lowest BCUT2D eigenvalue weighted by atomic mass is 9.94. The van der Waals surface area contributed by atoms with Crippen LogP contribution in [0.4, 0.5) is 0 Å². The molecule has 0 saturated carbocycles. The number of rotatable bonds is 67. The first-order valence-electron chi connectivity index (χ1n) is 43.7. The van der Waals surface area contributed by atoms with E-state index >= 15 is 0 Å². The highest BCUT2D eigenvalue weighted by Gasteiger charge is 2.40. The van der Waals surface area contributed by atoms with E-state index in [1.807, 2.05) is 0 Å². The molecule has 0 radical (unpaired) electrons. The molecule has 0 bridgehead atoms. The van der Waals surface area contributed by atoms with E-state index < -0.39 is 186 Å². The summed E-state index contributed by atoms with van der Waals surface area (Å²) in [5, 5.41) is 179. The molecule has 0 aromatic carbocycles. The molecule has 47 nitrogen and oxygen atoms in total. The second-order valence-corrected chi connectivity index (χ2v) is 31.3. The zero-order valence-electron chi connectivity index (χ0n) is 80.0. The van der Waals surface area contributed by atoms with Gasteiger partial charge in [-0.3, -0.25) is 71.9 Å². The summed E-state index contributed by atoms with van der Waals surface area (Å²) in [7, 11) is 0. The number of Topliss-reactive ketones (excluding diaryl/α,β-unsaturated/α-hetero) is 11. The van der Waals surface area contributed by atoms with Crippen molar-refractivity contribution in [1.29, 1.82) is 0 Å². The van der Waals surface area contributed by atoms with Gasteiger partial charge in [0, 0.05) is 102 Å². The third kappa shape index (κ3) is 130. The monoisotopic (exact) mass is 1980 g/mol. The first-order chi connectivity index (χ1) is 63.0. The predicted molar refractivity (Wildman–Crippen MR) is 481 cm³/mol. The van der Waals surface area contributed by atoms with E-state index in [4.69, 9.17) is 102 Å². The van der Waals surface area contributed by atoms with Gasteiger partial charge in [0.15, 0.2) is 23.3 Å². The fraction of sp³-hybridized carbons (Fsp3) is 0.689. The lowest BCUT2D eigenvalue weighted by Crippen LogP contribution is -2.49. The quantitative estimate of drug-likeness (QED) is 0.0202. The third-order valence-electron chi connectivity index (χ3n) is 17.1. The fourth-order valence-corrected chi connectivity index (χ4v) is 10.1. The highest BCUT2D eigenvalue weighted by molar-refractivity contribution is 5.99. The van der Waals surface area contributed by atoms with Crippen molar-refractivity contribution >= 4 is 153 Å². The SMILES string of the molecule is CC(=O)C(O)C(CC(=O)O)C(=O)O.CC(=O)C(O)C(O)C(O)C(O)C(=O)O.CC(=O)C/C(=C/C(=O)O)C(=O)O.CC(=O)CC(CC(=O)O)C(=O)O.CC(=O)CC(O)(CC(=O)O)C(=O)O.CC(=O)CCCC(=O)O.CC(=O)CCCCC(=O)O.CC(=O)CCCCCC(=O)O.CC(=O)CCCCCCCC(=O)O.CC(=O)CCCCCCCCC(=O)O.CC(=O)CCCCCCCCCCC(=O)O. The molecule has 0 aromatic rings. The number of hydrogen-bond acceptors (Lipinski definition) is 32. The maximum Gasteiger partial charge on any atom is 0.336 e. The molecule has 0 aliphatic heterocycles. The molecule has 0 aliphatic rings. The molecule has 0 amide bonds. The topological polar surface area (TPSA) is 869 Å². The van der Waals surface area contributed by atoms with Crippen LogP contribution in [0.1, 0.15) is 352 Å². The number of aliphatic carboxylic acids is 15. The number of aliphatic hydroxyl groups excluding tert-OH is 5. The standard InChI is InChI=1S/C13H24O3.C11H20O3.C10H18O3.C8H14O3.C7H12O7.2C7H10O6.C7H10O5.C7H8O5.C7H12O3.C6H10O3/c1-12(14)10-8-6-4-2-3-5-7-9-11-13(15)16;1-10(12)8-6-4-2-3-5-7-9-11(13)14;1-9(11)7-5-3-2-4-6-8-10(12)13;1-7(9)5-3-2-4-6-8(10)11;1-2(8)3(9)4(10)5(11)6(12)7(13)14;1-4(8)2-7(13,6(11)12)3-5(9)10;1-3(8)6(11)4(7(12)13)2-5(9)10;2*1-4(8)2-5(7(11)12)3-6(9)10;1-6(8)4-2-3-5-7(9)10;1-5(7)3-2-4-6(8)9/h2-11H2,1H3,(H,15,16);2-9H2,1H3,(H,13,14);2-8H2,1H3,(H,12,13);2-6H2,1H3,(H,10,11);3-6,9-12H,1H3,(H,13,14);13H,2-3H2,1H3,(H,9,10)(H,11,12);4,6,11H,2H2,1H3,(H,9,10)(H,12,13);5H,2-3H2,1H3,(H,9,10)(H,11,12);3H,2H2,1H3,(H,9,10)(H,11,12);2-5H2,1H3,(H,9,10);2-4H2,1H3,(H,8,9)/b;;;;;;;;5-3-;;. The van der Waals surface area contributed by atoms with Gasteiger partial charge in [-0.05, 0) is 147 Å². The maximum absolute atomic E-state index is 10.7. The minimum Gasteiger partial charge on any atom is -0.481 e. The van der Waals surface area contributed by atoms with Crippen molar-refractivity contribution < 1.29 is 232 Å². The summed E-state index contributed by atoms with van der Waals surface area (Å²) in [5.41, 5.74) is -2.90. The number of hydrogen-bond donors (Lipinski definition) is 21. The number of carboxylic acids is 15. The number of ketones is 11. The van der Waals surface area contributed by atoms with Gasteiger partial charge in [-0.1, -0.05) is 89.9 Å². The van der Waals surface area contributed by atoms with Crippen LogP contribution < -0.4 is 0 Å². The van der Waals surface area contributed by atoms with Crippen LogP contribution in [0, 0.1) is 11.8 Å². The summed E-state index contributed by atoms with van der Waals surface area (Å²) in [6, 6.07) is 0. The molecule has 8 unspecified atom stereocenters. The number of carbonyl (C=O) groups is 26. The third-order valence-corrected chi connectivity index (χ3v) is 17.1. The van der Waals surface area contributed by atoms with E-state index in [9.17, 15) is 130 Å². The molecule has 0 aromatic heterocycles. The molecule has 0 rings (SSSR count). The summed E-state index contributed by atoms with van der Waals surface area (Å²) in [6.07, 6.45) is 15.5. The van der Waals surface area contributed by atoms with Gasteiger partial charge in [0.2, 0.25) is 0 Å². The Hall–Kier alpha value is -12.1. The summed E-state index contributed by atoms with van der Waals surface area (Å²) < 4.78 is 0. The lowest BCUT2D eigenvalue weighted by molar-refractivity contribution is -0.167. The number of carboxylic acid groups (broad SMARTS) is 15. The van der Waals surface area contributed by atoms with Crippen LogP contribution in [0.15, 0.2) is 11.6 Å². The van der Waals surface area contributed by atoms with Crippen molar-refractivity contribution in [3.8, 4) is 0 Å². The minimum absolute atomic E-state index is 0.0521. The molecule has 0 spiro atoms. The number of unbranched alkanes of at least 4 members (excludes halogenated alkanes) is 19. The second kappa shape index (κ2) is 95.6. The predicted octanol–water partition coefficient (Wildman–Crippen LogP) is 8.07. The number of carbonyl (C=O) groups excluding carboxylic acids is 11. The van der Waals surface area contributed by atoms with Gasteiger partial charge in [0.1, 0.15) is 82.4 Å². The zero-order chi connectivity index (χ0) is 109. The van der Waals surface area contributed by atoms with Gasteiger partial charge in [0.25, 0.3) is 0 Å². The lowest BCUT2D eigenvalue weighted by Gasteiger charge is -2.22. The van der Waals surface area contributed by atoms with Crippen molar-refractivity contribution in [2.45, 2.75) is 388 Å².